The van der Waals surface area contributed by atoms with Crippen LogP contribution >= 0.6 is 11.8 Å². The smallest absolute Gasteiger partial charge is 0.408 e. The number of alkyl carbamates (subject to hydrolysis) is 1. The number of hydrogen-bond acceptors (Lipinski definition) is 8. The summed E-state index contributed by atoms with van der Waals surface area (Å²) in [6.07, 6.45) is 1.41. The van der Waals surface area contributed by atoms with Crippen LogP contribution in [0.2, 0.25) is 0 Å². The first-order valence-corrected chi connectivity index (χ1v) is 14.1. The van der Waals surface area contributed by atoms with Crippen molar-refractivity contribution in [1.82, 2.24) is 15.5 Å². The maximum absolute atomic E-state index is 13.9. The molecule has 0 bridgehead atoms. The van der Waals surface area contributed by atoms with Gasteiger partial charge in [-0.25, -0.2) is 4.79 Å². The third-order valence-electron chi connectivity index (χ3n) is 5.45. The van der Waals surface area contributed by atoms with Gasteiger partial charge in [-0.15, -0.1) is 0 Å². The molecule has 0 aliphatic carbocycles. The number of ether oxygens (including phenoxy) is 2. The first-order valence-electron chi connectivity index (χ1n) is 12.7. The van der Waals surface area contributed by atoms with Crippen LogP contribution in [0.25, 0.3) is 0 Å². The highest BCUT2D eigenvalue weighted by Crippen LogP contribution is 2.27. The average Bonchev–Trinajstić information content (AvgIpc) is 2.82. The molecule has 0 fully saturated rings. The minimum atomic E-state index is -1.10. The van der Waals surface area contributed by atoms with Crippen molar-refractivity contribution in [3.8, 4) is 0 Å². The molecule has 11 heteroatoms. The van der Waals surface area contributed by atoms with Crippen LogP contribution in [-0.2, 0) is 23.9 Å². The Morgan fingerprint density at radius 3 is 2.42 bits per heavy atom. The van der Waals surface area contributed by atoms with Gasteiger partial charge in [0.2, 0.25) is 11.8 Å². The molecule has 0 aliphatic rings. The highest BCUT2D eigenvalue weighted by Gasteiger charge is 2.36. The summed E-state index contributed by atoms with van der Waals surface area (Å²) in [5.41, 5.74) is 1.48. The second-order valence-corrected chi connectivity index (χ2v) is 10.8. The fourth-order valence-electron chi connectivity index (χ4n) is 3.74. The average molecular weight is 554 g/mol. The van der Waals surface area contributed by atoms with Crippen molar-refractivity contribution in [2.45, 2.75) is 72.1 Å². The fourth-order valence-corrected chi connectivity index (χ4v) is 4.21. The van der Waals surface area contributed by atoms with Gasteiger partial charge in [0.1, 0.15) is 17.7 Å². The van der Waals surface area contributed by atoms with Gasteiger partial charge in [0.05, 0.1) is 19.6 Å². The van der Waals surface area contributed by atoms with E-state index >= 15 is 0 Å². The van der Waals surface area contributed by atoms with E-state index in [1.54, 1.807) is 27.7 Å². The van der Waals surface area contributed by atoms with Crippen LogP contribution < -0.4 is 10.6 Å². The Morgan fingerprint density at radius 1 is 1.16 bits per heavy atom. The number of aliphatic hydroxyl groups is 1. The summed E-state index contributed by atoms with van der Waals surface area (Å²) in [5.74, 6) is -0.909. The van der Waals surface area contributed by atoms with E-state index in [9.17, 15) is 24.3 Å². The van der Waals surface area contributed by atoms with E-state index in [4.69, 9.17) is 9.47 Å². The lowest BCUT2D eigenvalue weighted by Gasteiger charge is -2.35. The lowest BCUT2D eigenvalue weighted by Crippen LogP contribution is -2.54. The molecule has 3 amide bonds. The third kappa shape index (κ3) is 11.3. The number of hydrogen-bond donors (Lipinski definition) is 3. The zero-order valence-electron chi connectivity index (χ0n) is 23.6. The quantitative estimate of drug-likeness (QED) is 0.300. The van der Waals surface area contributed by atoms with Crippen LogP contribution in [0.4, 0.5) is 4.79 Å². The molecule has 0 saturated carbocycles. The maximum atomic E-state index is 13.9. The number of esters is 1. The van der Waals surface area contributed by atoms with Gasteiger partial charge >= 0.3 is 12.1 Å². The molecule has 0 aliphatic heterocycles. The molecular formula is C27H43N3O7S. The van der Waals surface area contributed by atoms with Gasteiger partial charge in [-0.1, -0.05) is 23.8 Å². The number of aryl methyl sites for hydroxylation is 2. The molecular weight excluding hydrogens is 510 g/mol. The summed E-state index contributed by atoms with van der Waals surface area (Å²) in [4.78, 5) is 53.1. The molecule has 10 nitrogen and oxygen atoms in total. The largest absolute Gasteiger partial charge is 0.466 e. The lowest BCUT2D eigenvalue weighted by atomic mass is 9.96. The van der Waals surface area contributed by atoms with Crippen LogP contribution in [0, 0.1) is 13.8 Å². The van der Waals surface area contributed by atoms with Gasteiger partial charge < -0.3 is 30.1 Å². The Balaban J connectivity index is 3.40. The number of amides is 3. The number of nitrogens with one attached hydrogen (secondary N) is 2. The Bertz CT molecular complexity index is 949. The van der Waals surface area contributed by atoms with Gasteiger partial charge in [-0.2, -0.15) is 11.8 Å². The predicted octanol–water partition coefficient (Wildman–Crippen LogP) is 2.88. The van der Waals surface area contributed by atoms with E-state index in [1.165, 1.54) is 16.7 Å². The van der Waals surface area contributed by atoms with Crippen molar-refractivity contribution in [2.24, 2.45) is 0 Å². The van der Waals surface area contributed by atoms with Crippen molar-refractivity contribution >= 4 is 35.6 Å². The Morgan fingerprint density at radius 2 is 1.84 bits per heavy atom. The minimum absolute atomic E-state index is 0.0201. The van der Waals surface area contributed by atoms with E-state index in [0.29, 0.717) is 17.7 Å². The molecule has 2 atom stereocenters. The summed E-state index contributed by atoms with van der Waals surface area (Å²) in [6.45, 7) is 10.3. The van der Waals surface area contributed by atoms with Gasteiger partial charge in [-0.3, -0.25) is 14.4 Å². The fraction of sp³-hybridized carbons (Fsp3) is 0.630. The monoisotopic (exact) mass is 553 g/mol. The number of thioether (sulfide) groups is 1. The second-order valence-electron chi connectivity index (χ2n) is 9.84. The number of carbonyl (C=O) groups is 4. The second kappa shape index (κ2) is 16.2. The molecule has 0 radical (unpaired) electrons. The molecule has 1 aromatic rings. The van der Waals surface area contributed by atoms with Crippen LogP contribution in [-0.4, -0.2) is 83.8 Å². The molecule has 3 N–H and O–H groups in total. The highest BCUT2D eigenvalue weighted by molar-refractivity contribution is 7.98. The van der Waals surface area contributed by atoms with E-state index in [-0.39, 0.29) is 26.1 Å². The van der Waals surface area contributed by atoms with Gasteiger partial charge in [0.15, 0.2) is 0 Å². The van der Waals surface area contributed by atoms with Crippen molar-refractivity contribution in [2.75, 3.05) is 38.3 Å². The number of benzene rings is 1. The van der Waals surface area contributed by atoms with Gasteiger partial charge in [0, 0.05) is 13.1 Å². The number of carbonyl (C=O) groups excluding carboxylic acids is 4. The topological polar surface area (TPSA) is 134 Å². The summed E-state index contributed by atoms with van der Waals surface area (Å²) < 4.78 is 10.3. The van der Waals surface area contributed by atoms with Crippen LogP contribution in [0.15, 0.2) is 18.2 Å². The van der Waals surface area contributed by atoms with E-state index in [1.807, 2.05) is 38.3 Å². The zero-order valence-corrected chi connectivity index (χ0v) is 24.4. The summed E-state index contributed by atoms with van der Waals surface area (Å²) in [5, 5.41) is 15.3. The lowest BCUT2D eigenvalue weighted by molar-refractivity contribution is -0.144. The van der Waals surface area contributed by atoms with Crippen molar-refractivity contribution in [3.63, 3.8) is 0 Å². The number of nitrogens with zero attached hydrogens (tertiary/aromatic N) is 1. The van der Waals surface area contributed by atoms with E-state index in [2.05, 4.69) is 10.6 Å². The molecule has 0 spiro atoms. The predicted molar refractivity (Wildman–Crippen MR) is 148 cm³/mol. The Kier molecular flexibility index (Phi) is 14.2. The van der Waals surface area contributed by atoms with Crippen LogP contribution in [0.3, 0.4) is 0 Å². The molecule has 1 rings (SSSR count). The van der Waals surface area contributed by atoms with Crippen molar-refractivity contribution in [3.05, 3.63) is 34.9 Å². The Labute approximate surface area is 230 Å². The minimum Gasteiger partial charge on any atom is -0.466 e. The van der Waals surface area contributed by atoms with Crippen molar-refractivity contribution in [1.29, 1.82) is 0 Å². The first-order chi connectivity index (χ1) is 17.8. The van der Waals surface area contributed by atoms with Crippen LogP contribution in [0.1, 0.15) is 63.3 Å². The molecule has 1 aromatic carbocycles. The first kappa shape index (κ1) is 33.2. The van der Waals surface area contributed by atoms with E-state index in [0.717, 1.165) is 11.1 Å². The zero-order chi connectivity index (χ0) is 28.9. The highest BCUT2D eigenvalue weighted by atomic mass is 32.2. The van der Waals surface area contributed by atoms with Gasteiger partial charge in [0.25, 0.3) is 0 Å². The van der Waals surface area contributed by atoms with E-state index < -0.39 is 48.2 Å². The molecule has 0 heterocycles. The maximum Gasteiger partial charge on any atom is 0.408 e. The summed E-state index contributed by atoms with van der Waals surface area (Å²) in [7, 11) is 0. The summed E-state index contributed by atoms with van der Waals surface area (Å²) in [6, 6.07) is 3.49. The molecule has 2 unspecified atom stereocenters. The normalized spacial score (nSPS) is 12.7. The molecule has 214 valence electrons. The molecule has 0 saturated heterocycles. The third-order valence-corrected chi connectivity index (χ3v) is 6.09. The van der Waals surface area contributed by atoms with Gasteiger partial charge in [-0.05, 0) is 71.1 Å². The van der Waals surface area contributed by atoms with Crippen molar-refractivity contribution < 1.29 is 33.8 Å². The molecule has 0 aromatic heterocycles. The Hall–Kier alpha value is -2.79. The number of rotatable bonds is 14. The standard InChI is InChI=1S/C27H43N3O7S/c1-8-36-22(32)11-13-28-24(33)23(20-17-18(2)9-10-19(20)3)30(14-15-31)25(34)21(12-16-38-7)29-26(35)37-27(4,5)6/h9-10,17,21,23,31H,8,11-16H2,1-7H3,(H,28,33)(H,29,35). The SMILES string of the molecule is CCOC(=O)CCNC(=O)C(c1cc(C)ccc1C)N(CCO)C(=O)C(CCSC)NC(=O)OC(C)(C)C. The summed E-state index contributed by atoms with van der Waals surface area (Å²) >= 11 is 1.51. The number of aliphatic hydroxyl groups excluding tert-OH is 1. The van der Waals surface area contributed by atoms with Crippen LogP contribution in [0.5, 0.6) is 0 Å². The molecule has 38 heavy (non-hydrogen) atoms.